The number of carbonyl (C=O) groups is 1. The van der Waals surface area contributed by atoms with E-state index in [0.717, 1.165) is 22.2 Å². The molecule has 5 heteroatoms. The van der Waals surface area contributed by atoms with Crippen LogP contribution in [0, 0.1) is 6.92 Å². The zero-order valence-electron chi connectivity index (χ0n) is 12.9. The van der Waals surface area contributed by atoms with E-state index < -0.39 is 0 Å². The number of nitrogens with one attached hydrogen (secondary N) is 1. The van der Waals surface area contributed by atoms with Crippen molar-refractivity contribution in [2.45, 2.75) is 6.92 Å². The Bertz CT molecular complexity index is 1020. The Morgan fingerprint density at radius 3 is 2.79 bits per heavy atom. The topological polar surface area (TPSA) is 55.1 Å². The second-order valence-electron chi connectivity index (χ2n) is 5.45. The summed E-state index contributed by atoms with van der Waals surface area (Å²) in [5.41, 5.74) is 4.24. The van der Waals surface area contributed by atoms with Crippen molar-refractivity contribution in [1.82, 2.24) is 4.98 Å². The lowest BCUT2D eigenvalue weighted by molar-refractivity contribution is 0.103. The number of rotatable bonds is 3. The lowest BCUT2D eigenvalue weighted by Gasteiger charge is -2.04. The van der Waals surface area contributed by atoms with Crippen LogP contribution in [-0.4, -0.2) is 10.9 Å². The van der Waals surface area contributed by atoms with Crippen LogP contribution < -0.4 is 5.32 Å². The summed E-state index contributed by atoms with van der Waals surface area (Å²) in [5.74, 6) is 0.432. The number of carbonyl (C=O) groups excluding carboxylic acids is 1. The van der Waals surface area contributed by atoms with Gasteiger partial charge in [-0.2, -0.15) is 0 Å². The third-order valence-electron chi connectivity index (χ3n) is 3.73. The van der Waals surface area contributed by atoms with Gasteiger partial charge in [-0.1, -0.05) is 24.3 Å². The Labute approximate surface area is 142 Å². The van der Waals surface area contributed by atoms with Gasteiger partial charge in [-0.25, -0.2) is 4.98 Å². The number of fused-ring (bicyclic) bond motifs is 1. The number of hydrogen-bond acceptors (Lipinski definition) is 4. The van der Waals surface area contributed by atoms with E-state index in [0.29, 0.717) is 16.5 Å². The third kappa shape index (κ3) is 2.70. The van der Waals surface area contributed by atoms with Gasteiger partial charge in [-0.3, -0.25) is 4.79 Å². The minimum absolute atomic E-state index is 0.115. The third-order valence-corrected chi connectivity index (χ3v) is 4.60. The van der Waals surface area contributed by atoms with Gasteiger partial charge < -0.3 is 9.73 Å². The van der Waals surface area contributed by atoms with Gasteiger partial charge in [0.2, 0.25) is 5.89 Å². The van der Waals surface area contributed by atoms with Crippen LogP contribution in [0.15, 0.2) is 64.4 Å². The van der Waals surface area contributed by atoms with Gasteiger partial charge >= 0.3 is 0 Å². The van der Waals surface area contributed by atoms with Crippen molar-refractivity contribution in [2.75, 3.05) is 5.32 Å². The summed E-state index contributed by atoms with van der Waals surface area (Å²) in [7, 11) is 0. The van der Waals surface area contributed by atoms with Crippen LogP contribution in [0.1, 0.15) is 15.2 Å². The minimum atomic E-state index is -0.115. The van der Waals surface area contributed by atoms with Crippen molar-refractivity contribution in [3.63, 3.8) is 0 Å². The standard InChI is InChI=1S/C19H14N2O2S/c1-12-5-2-8-15-17(12)21-19(23-15)13-6-3-7-14(11-13)20-18(22)16-9-4-10-24-16/h2-11H,1H3,(H,20,22). The van der Waals surface area contributed by atoms with Crippen LogP contribution >= 0.6 is 11.3 Å². The Balaban J connectivity index is 1.66. The van der Waals surface area contributed by atoms with Gasteiger partial charge in [0.05, 0.1) is 4.88 Å². The van der Waals surface area contributed by atoms with Crippen LogP contribution in [0.3, 0.4) is 0 Å². The molecule has 2 aromatic heterocycles. The molecule has 1 N–H and O–H groups in total. The smallest absolute Gasteiger partial charge is 0.265 e. The maximum Gasteiger partial charge on any atom is 0.265 e. The number of anilines is 1. The fraction of sp³-hybridized carbons (Fsp3) is 0.0526. The van der Waals surface area contributed by atoms with Crippen molar-refractivity contribution in [3.05, 3.63) is 70.4 Å². The maximum absolute atomic E-state index is 12.2. The van der Waals surface area contributed by atoms with Crippen LogP contribution in [0.2, 0.25) is 0 Å². The Morgan fingerprint density at radius 1 is 1.12 bits per heavy atom. The number of amides is 1. The second kappa shape index (κ2) is 5.94. The Hall–Kier alpha value is -2.92. The molecule has 2 heterocycles. The van der Waals surface area contributed by atoms with Crippen molar-refractivity contribution in [3.8, 4) is 11.5 Å². The molecule has 0 radical (unpaired) electrons. The lowest BCUT2D eigenvalue weighted by atomic mass is 10.2. The quantitative estimate of drug-likeness (QED) is 0.566. The number of aromatic nitrogens is 1. The second-order valence-corrected chi connectivity index (χ2v) is 6.40. The molecular weight excluding hydrogens is 320 g/mol. The number of oxazole rings is 1. The predicted octanol–water partition coefficient (Wildman–Crippen LogP) is 5.12. The summed E-state index contributed by atoms with van der Waals surface area (Å²) in [5, 5.41) is 4.78. The highest BCUT2D eigenvalue weighted by atomic mass is 32.1. The molecule has 4 aromatic rings. The van der Waals surface area contributed by atoms with Crippen molar-refractivity contribution < 1.29 is 9.21 Å². The van der Waals surface area contributed by atoms with E-state index in [1.54, 1.807) is 6.07 Å². The molecule has 118 valence electrons. The van der Waals surface area contributed by atoms with Crippen LogP contribution in [0.25, 0.3) is 22.6 Å². The first-order chi connectivity index (χ1) is 11.7. The molecule has 0 saturated heterocycles. The minimum Gasteiger partial charge on any atom is -0.436 e. The highest BCUT2D eigenvalue weighted by Crippen LogP contribution is 2.27. The summed E-state index contributed by atoms with van der Waals surface area (Å²) in [6.07, 6.45) is 0. The SMILES string of the molecule is Cc1cccc2oc(-c3cccc(NC(=O)c4cccs4)c3)nc12. The number of nitrogens with zero attached hydrogens (tertiary/aromatic N) is 1. The fourth-order valence-electron chi connectivity index (χ4n) is 2.54. The van der Waals surface area contributed by atoms with E-state index in [2.05, 4.69) is 10.3 Å². The molecular formula is C19H14N2O2S. The first kappa shape index (κ1) is 14.7. The van der Waals surface area contributed by atoms with Gasteiger partial charge in [0.25, 0.3) is 5.91 Å². The molecule has 0 aliphatic rings. The molecule has 0 aliphatic carbocycles. The lowest BCUT2D eigenvalue weighted by Crippen LogP contribution is -2.09. The number of thiophene rings is 1. The zero-order chi connectivity index (χ0) is 16.5. The summed E-state index contributed by atoms with van der Waals surface area (Å²) in [6.45, 7) is 2.01. The molecule has 4 rings (SSSR count). The molecule has 0 spiro atoms. The number of aryl methyl sites for hydroxylation is 1. The molecule has 0 fully saturated rings. The van der Waals surface area contributed by atoms with E-state index in [-0.39, 0.29) is 5.91 Å². The van der Waals surface area contributed by atoms with Gasteiger partial charge in [0.1, 0.15) is 5.52 Å². The van der Waals surface area contributed by atoms with Crippen LogP contribution in [0.5, 0.6) is 0 Å². The summed E-state index contributed by atoms with van der Waals surface area (Å²) >= 11 is 1.41. The summed E-state index contributed by atoms with van der Waals surface area (Å²) in [4.78, 5) is 17.4. The molecule has 24 heavy (non-hydrogen) atoms. The van der Waals surface area contributed by atoms with Crippen molar-refractivity contribution in [1.29, 1.82) is 0 Å². The van der Waals surface area contributed by atoms with Crippen molar-refractivity contribution in [2.24, 2.45) is 0 Å². The summed E-state index contributed by atoms with van der Waals surface area (Å²) in [6, 6.07) is 17.0. The van der Waals surface area contributed by atoms with E-state index in [9.17, 15) is 4.79 Å². The number of benzene rings is 2. The van der Waals surface area contributed by atoms with Gasteiger partial charge in [0, 0.05) is 11.3 Å². The number of para-hydroxylation sites is 1. The van der Waals surface area contributed by atoms with Crippen LogP contribution in [-0.2, 0) is 0 Å². The first-order valence-corrected chi connectivity index (χ1v) is 8.40. The number of hydrogen-bond donors (Lipinski definition) is 1. The van der Waals surface area contributed by atoms with Gasteiger partial charge in [0.15, 0.2) is 5.58 Å². The average molecular weight is 334 g/mol. The summed E-state index contributed by atoms with van der Waals surface area (Å²) < 4.78 is 5.85. The Kier molecular flexibility index (Phi) is 3.63. The van der Waals surface area contributed by atoms with E-state index in [1.807, 2.05) is 60.8 Å². The maximum atomic E-state index is 12.2. The first-order valence-electron chi connectivity index (χ1n) is 7.52. The highest BCUT2D eigenvalue weighted by molar-refractivity contribution is 7.12. The van der Waals surface area contributed by atoms with Crippen LogP contribution in [0.4, 0.5) is 5.69 Å². The Morgan fingerprint density at radius 2 is 2.00 bits per heavy atom. The van der Waals surface area contributed by atoms with E-state index >= 15 is 0 Å². The van der Waals surface area contributed by atoms with E-state index in [1.165, 1.54) is 11.3 Å². The predicted molar refractivity (Wildman–Crippen MR) is 96.5 cm³/mol. The fourth-order valence-corrected chi connectivity index (χ4v) is 3.16. The molecule has 0 unspecified atom stereocenters. The van der Waals surface area contributed by atoms with Gasteiger partial charge in [-0.05, 0) is 48.2 Å². The zero-order valence-corrected chi connectivity index (χ0v) is 13.8. The molecule has 0 aliphatic heterocycles. The molecule has 0 atom stereocenters. The largest absolute Gasteiger partial charge is 0.436 e. The molecule has 2 aromatic carbocycles. The van der Waals surface area contributed by atoms with Gasteiger partial charge in [-0.15, -0.1) is 11.3 Å². The average Bonchev–Trinajstić information content (AvgIpc) is 3.25. The molecule has 1 amide bonds. The van der Waals surface area contributed by atoms with E-state index in [4.69, 9.17) is 4.42 Å². The normalized spacial score (nSPS) is 10.9. The highest BCUT2D eigenvalue weighted by Gasteiger charge is 2.11. The molecule has 0 bridgehead atoms. The van der Waals surface area contributed by atoms with Crippen molar-refractivity contribution >= 4 is 34.0 Å². The molecule has 4 nitrogen and oxygen atoms in total. The monoisotopic (exact) mass is 334 g/mol. The molecule has 0 saturated carbocycles.